The first kappa shape index (κ1) is 17.7. The van der Waals surface area contributed by atoms with Gasteiger partial charge in [-0.2, -0.15) is 0 Å². The third-order valence-corrected chi connectivity index (χ3v) is 3.82. The molecule has 24 heavy (non-hydrogen) atoms. The number of halogens is 1. The number of carbonyl (C=O) groups is 3. The molecule has 0 spiro atoms. The second-order valence-electron chi connectivity index (χ2n) is 5.41. The number of hydrogen-bond acceptors (Lipinski definition) is 4. The number of benzene rings is 1. The Balaban J connectivity index is 1.77. The Morgan fingerprint density at radius 1 is 1.12 bits per heavy atom. The van der Waals surface area contributed by atoms with Crippen molar-refractivity contribution in [1.29, 1.82) is 0 Å². The van der Waals surface area contributed by atoms with Crippen LogP contribution in [0.15, 0.2) is 24.3 Å². The Labute approximate surface area is 139 Å². The number of carbonyl (C=O) groups excluding carboxylic acids is 3. The van der Waals surface area contributed by atoms with Crippen LogP contribution in [0.5, 0.6) is 0 Å². The normalized spacial score (nSPS) is 14.2. The molecule has 0 radical (unpaired) electrons. The molecule has 1 aromatic carbocycles. The number of nitrogens with one attached hydrogen (secondary N) is 2. The predicted molar refractivity (Wildman–Crippen MR) is 86.9 cm³/mol. The molecule has 1 aliphatic heterocycles. The average Bonchev–Trinajstić information content (AvgIpc) is 2.61. The van der Waals surface area contributed by atoms with E-state index in [1.165, 1.54) is 11.0 Å². The number of para-hydroxylation sites is 1. The van der Waals surface area contributed by atoms with Gasteiger partial charge in [0.05, 0.1) is 5.69 Å². The van der Waals surface area contributed by atoms with E-state index in [1.807, 2.05) is 4.90 Å². The molecule has 0 bridgehead atoms. The van der Waals surface area contributed by atoms with Crippen molar-refractivity contribution in [2.45, 2.75) is 6.42 Å². The second kappa shape index (κ2) is 8.85. The smallest absolute Gasteiger partial charge is 0.312 e. The summed E-state index contributed by atoms with van der Waals surface area (Å²) in [4.78, 5) is 37.3. The summed E-state index contributed by atoms with van der Waals surface area (Å²) in [5.74, 6) is -1.52. The largest absolute Gasteiger partial charge is 0.366 e. The number of nitrogens with zero attached hydrogens (tertiary/aromatic N) is 2. The van der Waals surface area contributed by atoms with E-state index in [1.54, 1.807) is 18.2 Å². The van der Waals surface area contributed by atoms with Gasteiger partial charge in [0, 0.05) is 39.3 Å². The van der Waals surface area contributed by atoms with Crippen molar-refractivity contribution in [3.8, 4) is 0 Å². The lowest BCUT2D eigenvalue weighted by Gasteiger charge is -2.35. The molecule has 2 rings (SSSR count). The minimum absolute atomic E-state index is 0.293. The van der Waals surface area contributed by atoms with Crippen LogP contribution in [-0.2, 0) is 14.4 Å². The van der Waals surface area contributed by atoms with Gasteiger partial charge in [0.15, 0.2) is 0 Å². The highest BCUT2D eigenvalue weighted by molar-refractivity contribution is 6.35. The molecule has 130 valence electrons. The fourth-order valence-electron chi connectivity index (χ4n) is 2.53. The van der Waals surface area contributed by atoms with E-state index in [0.29, 0.717) is 57.8 Å². The summed E-state index contributed by atoms with van der Waals surface area (Å²) in [6.07, 6.45) is 1.14. The van der Waals surface area contributed by atoms with E-state index in [4.69, 9.17) is 0 Å². The zero-order valence-electron chi connectivity index (χ0n) is 13.3. The fourth-order valence-corrected chi connectivity index (χ4v) is 2.53. The molecule has 0 unspecified atom stereocenters. The maximum absolute atomic E-state index is 13.8. The van der Waals surface area contributed by atoms with Crippen LogP contribution < -0.4 is 15.5 Å². The summed E-state index contributed by atoms with van der Waals surface area (Å²) in [7, 11) is 0. The van der Waals surface area contributed by atoms with Crippen LogP contribution in [0.2, 0.25) is 0 Å². The molecule has 0 aliphatic carbocycles. The number of rotatable bonds is 6. The Kier molecular flexibility index (Phi) is 6.53. The highest BCUT2D eigenvalue weighted by atomic mass is 19.1. The summed E-state index contributed by atoms with van der Waals surface area (Å²) < 4.78 is 13.8. The monoisotopic (exact) mass is 336 g/mol. The quantitative estimate of drug-likeness (QED) is 0.426. The van der Waals surface area contributed by atoms with Crippen LogP contribution in [0, 0.1) is 5.82 Å². The van der Waals surface area contributed by atoms with E-state index in [-0.39, 0.29) is 5.82 Å². The van der Waals surface area contributed by atoms with Gasteiger partial charge < -0.3 is 20.4 Å². The summed E-state index contributed by atoms with van der Waals surface area (Å²) in [6, 6.07) is 6.50. The molecule has 1 aromatic rings. The Hall–Kier alpha value is -2.64. The lowest BCUT2D eigenvalue weighted by atomic mass is 10.2. The molecule has 3 amide bonds. The SMILES string of the molecule is O=CNCCCNC(=O)C(=O)N1CCN(c2ccccc2F)CC1. The standard InChI is InChI=1S/C16H21FN4O3/c17-13-4-1-2-5-14(13)20-8-10-21(11-9-20)16(24)15(23)19-7-3-6-18-12-22/h1-2,4-5,12H,3,6-11H2,(H,18,22)(H,19,23). The molecule has 2 N–H and O–H groups in total. The van der Waals surface area contributed by atoms with E-state index < -0.39 is 11.8 Å². The molecule has 1 heterocycles. The van der Waals surface area contributed by atoms with Crippen molar-refractivity contribution in [1.82, 2.24) is 15.5 Å². The van der Waals surface area contributed by atoms with Crippen LogP contribution in [0.25, 0.3) is 0 Å². The van der Waals surface area contributed by atoms with E-state index in [0.717, 1.165) is 0 Å². The lowest BCUT2D eigenvalue weighted by Crippen LogP contribution is -2.53. The minimum atomic E-state index is -0.652. The number of anilines is 1. The second-order valence-corrected chi connectivity index (χ2v) is 5.41. The van der Waals surface area contributed by atoms with Crippen molar-refractivity contribution in [2.24, 2.45) is 0 Å². The molecule has 1 fully saturated rings. The Morgan fingerprint density at radius 2 is 1.83 bits per heavy atom. The topological polar surface area (TPSA) is 81.8 Å². The maximum atomic E-state index is 13.8. The van der Waals surface area contributed by atoms with Gasteiger partial charge in [-0.15, -0.1) is 0 Å². The third kappa shape index (κ3) is 4.68. The molecule has 1 aliphatic rings. The van der Waals surface area contributed by atoms with E-state index >= 15 is 0 Å². The molecule has 0 atom stereocenters. The van der Waals surface area contributed by atoms with Crippen LogP contribution in [-0.4, -0.2) is 62.4 Å². The molecule has 8 heteroatoms. The summed E-state index contributed by atoms with van der Waals surface area (Å²) in [5, 5.41) is 5.01. The lowest BCUT2D eigenvalue weighted by molar-refractivity contribution is -0.146. The maximum Gasteiger partial charge on any atom is 0.312 e. The highest BCUT2D eigenvalue weighted by Gasteiger charge is 2.26. The van der Waals surface area contributed by atoms with Crippen molar-refractivity contribution in [3.05, 3.63) is 30.1 Å². The number of amides is 3. The number of hydrogen-bond donors (Lipinski definition) is 2. The van der Waals surface area contributed by atoms with Crippen molar-refractivity contribution < 1.29 is 18.8 Å². The summed E-state index contributed by atoms with van der Waals surface area (Å²) in [6.45, 7) is 2.45. The molecular weight excluding hydrogens is 315 g/mol. The molecule has 1 saturated heterocycles. The summed E-state index contributed by atoms with van der Waals surface area (Å²) in [5.41, 5.74) is 0.511. The zero-order valence-corrected chi connectivity index (χ0v) is 13.3. The molecule has 0 saturated carbocycles. The van der Waals surface area contributed by atoms with Gasteiger partial charge in [-0.25, -0.2) is 4.39 Å². The van der Waals surface area contributed by atoms with Crippen molar-refractivity contribution >= 4 is 23.9 Å². The van der Waals surface area contributed by atoms with Crippen LogP contribution >= 0.6 is 0 Å². The van der Waals surface area contributed by atoms with E-state index in [2.05, 4.69) is 10.6 Å². The van der Waals surface area contributed by atoms with Crippen LogP contribution in [0.3, 0.4) is 0 Å². The van der Waals surface area contributed by atoms with Gasteiger partial charge in [-0.05, 0) is 18.6 Å². The van der Waals surface area contributed by atoms with Crippen LogP contribution in [0.4, 0.5) is 10.1 Å². The highest BCUT2D eigenvalue weighted by Crippen LogP contribution is 2.20. The van der Waals surface area contributed by atoms with E-state index in [9.17, 15) is 18.8 Å². The van der Waals surface area contributed by atoms with Gasteiger partial charge in [-0.1, -0.05) is 12.1 Å². The van der Waals surface area contributed by atoms with Gasteiger partial charge in [0.2, 0.25) is 6.41 Å². The molecule has 7 nitrogen and oxygen atoms in total. The average molecular weight is 336 g/mol. The van der Waals surface area contributed by atoms with Crippen molar-refractivity contribution in [2.75, 3.05) is 44.2 Å². The van der Waals surface area contributed by atoms with Gasteiger partial charge >= 0.3 is 11.8 Å². The summed E-state index contributed by atoms with van der Waals surface area (Å²) >= 11 is 0. The Morgan fingerprint density at radius 3 is 2.50 bits per heavy atom. The Bertz CT molecular complexity index is 588. The van der Waals surface area contributed by atoms with Gasteiger partial charge in [-0.3, -0.25) is 14.4 Å². The minimum Gasteiger partial charge on any atom is -0.366 e. The first-order valence-electron chi connectivity index (χ1n) is 7.87. The first-order chi connectivity index (χ1) is 11.6. The molecular formula is C16H21FN4O3. The van der Waals surface area contributed by atoms with Crippen LogP contribution in [0.1, 0.15) is 6.42 Å². The third-order valence-electron chi connectivity index (χ3n) is 3.82. The first-order valence-corrected chi connectivity index (χ1v) is 7.87. The number of piperazine rings is 1. The van der Waals surface area contributed by atoms with Gasteiger partial charge in [0.25, 0.3) is 0 Å². The molecule has 0 aromatic heterocycles. The van der Waals surface area contributed by atoms with Gasteiger partial charge in [0.1, 0.15) is 5.82 Å². The zero-order chi connectivity index (χ0) is 17.4. The van der Waals surface area contributed by atoms with Crippen molar-refractivity contribution in [3.63, 3.8) is 0 Å². The fraction of sp³-hybridized carbons (Fsp3) is 0.438. The predicted octanol–water partition coefficient (Wildman–Crippen LogP) is -0.273.